The molecule has 3 heterocycles. The molecule has 0 radical (unpaired) electrons. The van der Waals surface area contributed by atoms with Crippen LogP contribution in [0.4, 0.5) is 5.69 Å². The number of rotatable bonds is 3. The maximum absolute atomic E-state index is 13.1. The Balaban J connectivity index is 1.23. The minimum Gasteiger partial charge on any atom is -0.368 e. The molecular formula is C24H25ClN4O2. The molecule has 0 bridgehead atoms. The lowest BCUT2D eigenvalue weighted by atomic mass is 10.1. The summed E-state index contributed by atoms with van der Waals surface area (Å²) in [6.45, 7) is 6.15. The molecular weight excluding hydrogens is 412 g/mol. The Kier molecular flexibility index (Phi) is 5.42. The second-order valence-corrected chi connectivity index (χ2v) is 8.61. The molecule has 1 saturated heterocycles. The van der Waals surface area contributed by atoms with Gasteiger partial charge in [-0.25, -0.2) is 0 Å². The van der Waals surface area contributed by atoms with Gasteiger partial charge in [0.05, 0.1) is 18.8 Å². The molecule has 1 amide bonds. The summed E-state index contributed by atoms with van der Waals surface area (Å²) in [6.07, 6.45) is -0.0920. The summed E-state index contributed by atoms with van der Waals surface area (Å²) in [5, 5.41) is 5.32. The Morgan fingerprint density at radius 2 is 1.74 bits per heavy atom. The number of halogens is 1. The van der Waals surface area contributed by atoms with E-state index in [4.69, 9.17) is 16.3 Å². The fraction of sp³-hybridized carbons (Fsp3) is 0.333. The zero-order valence-corrected chi connectivity index (χ0v) is 18.3. The van der Waals surface area contributed by atoms with Gasteiger partial charge in [0.2, 0.25) is 0 Å². The molecule has 160 valence electrons. The Hall–Kier alpha value is -2.83. The topological polar surface area (TPSA) is 50.6 Å². The van der Waals surface area contributed by atoms with E-state index >= 15 is 0 Å². The Bertz CT molecular complexity index is 1070. The molecule has 2 aliphatic rings. The zero-order chi connectivity index (χ0) is 21.4. The van der Waals surface area contributed by atoms with E-state index in [1.807, 2.05) is 39.9 Å². The molecule has 0 saturated carbocycles. The highest BCUT2D eigenvalue weighted by Gasteiger charge is 2.28. The van der Waals surface area contributed by atoms with Crippen LogP contribution in [0.2, 0.25) is 5.02 Å². The van der Waals surface area contributed by atoms with Crippen molar-refractivity contribution in [2.75, 3.05) is 31.1 Å². The molecule has 1 aromatic heterocycles. The third-order valence-corrected chi connectivity index (χ3v) is 6.31. The van der Waals surface area contributed by atoms with Gasteiger partial charge in [-0.15, -0.1) is 0 Å². The quantitative estimate of drug-likeness (QED) is 0.620. The van der Waals surface area contributed by atoms with Gasteiger partial charge in [0.1, 0.15) is 6.10 Å². The highest BCUT2D eigenvalue weighted by Crippen LogP contribution is 2.28. The number of hydrogen-bond donors (Lipinski definition) is 0. The molecule has 0 aliphatic carbocycles. The fourth-order valence-electron chi connectivity index (χ4n) is 4.19. The third-order valence-electron chi connectivity index (χ3n) is 6.06. The molecule has 6 nitrogen and oxygen atoms in total. The summed E-state index contributed by atoms with van der Waals surface area (Å²) in [6, 6.07) is 18.1. The molecule has 3 aromatic rings. The normalized spacial score (nSPS) is 18.7. The zero-order valence-electron chi connectivity index (χ0n) is 17.5. The van der Waals surface area contributed by atoms with E-state index in [2.05, 4.69) is 41.2 Å². The molecule has 1 fully saturated rings. The van der Waals surface area contributed by atoms with E-state index in [-0.39, 0.29) is 12.0 Å². The van der Waals surface area contributed by atoms with Crippen molar-refractivity contribution in [3.63, 3.8) is 0 Å². The van der Waals surface area contributed by atoms with E-state index < -0.39 is 0 Å². The van der Waals surface area contributed by atoms with Crippen LogP contribution in [0.3, 0.4) is 0 Å². The van der Waals surface area contributed by atoms with Gasteiger partial charge in [-0.2, -0.15) is 5.10 Å². The predicted molar refractivity (Wildman–Crippen MR) is 121 cm³/mol. The first-order valence-electron chi connectivity index (χ1n) is 10.6. The average molecular weight is 437 g/mol. The van der Waals surface area contributed by atoms with Gasteiger partial charge >= 0.3 is 0 Å². The minimum atomic E-state index is -0.0920. The highest BCUT2D eigenvalue weighted by molar-refractivity contribution is 6.30. The number of fused-ring (bicyclic) bond motifs is 1. The monoisotopic (exact) mass is 436 g/mol. The van der Waals surface area contributed by atoms with Gasteiger partial charge in [0.25, 0.3) is 5.91 Å². The van der Waals surface area contributed by atoms with Crippen molar-refractivity contribution in [1.82, 2.24) is 14.7 Å². The third kappa shape index (κ3) is 4.18. The number of benzene rings is 2. The molecule has 1 atom stereocenters. The smallest absolute Gasteiger partial charge is 0.274 e. The highest BCUT2D eigenvalue weighted by atomic mass is 35.5. The predicted octanol–water partition coefficient (Wildman–Crippen LogP) is 4.08. The first-order chi connectivity index (χ1) is 15.1. The number of nitrogens with zero attached hydrogens (tertiary/aromatic N) is 4. The molecule has 2 aliphatic heterocycles. The maximum Gasteiger partial charge on any atom is 0.274 e. The van der Waals surface area contributed by atoms with Crippen molar-refractivity contribution in [2.45, 2.75) is 26.2 Å². The Morgan fingerprint density at radius 1 is 1.03 bits per heavy atom. The summed E-state index contributed by atoms with van der Waals surface area (Å²) in [5.74, 6) is -0.00602. The maximum atomic E-state index is 13.1. The van der Waals surface area contributed by atoms with Crippen LogP contribution in [0.5, 0.6) is 0 Å². The van der Waals surface area contributed by atoms with Crippen molar-refractivity contribution in [2.24, 2.45) is 0 Å². The number of anilines is 1. The molecule has 0 spiro atoms. The molecule has 5 rings (SSSR count). The van der Waals surface area contributed by atoms with Crippen LogP contribution in [0.15, 0.2) is 54.6 Å². The SMILES string of the molecule is Cc1ccc(N2CCN(C(=O)c3cc4n(n3)C[C@@H](c3ccc(Cl)cc3)OC4)CC2)cc1. The average Bonchev–Trinajstić information content (AvgIpc) is 3.23. The number of carbonyl (C=O) groups is 1. The molecule has 2 aromatic carbocycles. The van der Waals surface area contributed by atoms with Crippen molar-refractivity contribution in [3.8, 4) is 0 Å². The van der Waals surface area contributed by atoms with Crippen LogP contribution in [0, 0.1) is 6.92 Å². The molecule has 0 N–H and O–H groups in total. The second kappa shape index (κ2) is 8.36. The van der Waals surface area contributed by atoms with Gasteiger partial charge in [-0.05, 0) is 42.8 Å². The van der Waals surface area contributed by atoms with E-state index in [0.717, 1.165) is 24.3 Å². The Labute approximate surface area is 187 Å². The summed E-state index contributed by atoms with van der Waals surface area (Å²) < 4.78 is 7.91. The first-order valence-corrected chi connectivity index (χ1v) is 11.0. The first kappa shape index (κ1) is 20.1. The number of amides is 1. The van der Waals surface area contributed by atoms with Gasteiger partial charge in [-0.1, -0.05) is 41.4 Å². The summed E-state index contributed by atoms with van der Waals surface area (Å²) in [5.41, 5.74) is 4.96. The number of hydrogen-bond acceptors (Lipinski definition) is 4. The lowest BCUT2D eigenvalue weighted by Crippen LogP contribution is -2.48. The summed E-state index contributed by atoms with van der Waals surface area (Å²) in [7, 11) is 0. The molecule has 7 heteroatoms. The van der Waals surface area contributed by atoms with Crippen molar-refractivity contribution >= 4 is 23.2 Å². The number of aryl methyl sites for hydroxylation is 1. The van der Waals surface area contributed by atoms with E-state index in [1.54, 1.807) is 0 Å². The molecule has 31 heavy (non-hydrogen) atoms. The largest absolute Gasteiger partial charge is 0.368 e. The van der Waals surface area contributed by atoms with Crippen LogP contribution >= 0.6 is 11.6 Å². The van der Waals surface area contributed by atoms with Gasteiger partial charge in [-0.3, -0.25) is 9.48 Å². The fourth-order valence-corrected chi connectivity index (χ4v) is 4.32. The molecule has 0 unspecified atom stereocenters. The van der Waals surface area contributed by atoms with Crippen LogP contribution in [-0.4, -0.2) is 46.8 Å². The van der Waals surface area contributed by atoms with E-state index in [0.29, 0.717) is 37.0 Å². The van der Waals surface area contributed by atoms with Gasteiger partial charge < -0.3 is 14.5 Å². The number of piperazine rings is 1. The lowest BCUT2D eigenvalue weighted by molar-refractivity contribution is -0.00121. The van der Waals surface area contributed by atoms with Crippen molar-refractivity contribution in [3.05, 3.63) is 82.1 Å². The van der Waals surface area contributed by atoms with Crippen LogP contribution in [-0.2, 0) is 17.9 Å². The van der Waals surface area contributed by atoms with Crippen LogP contribution < -0.4 is 4.90 Å². The van der Waals surface area contributed by atoms with Crippen molar-refractivity contribution < 1.29 is 9.53 Å². The summed E-state index contributed by atoms with van der Waals surface area (Å²) >= 11 is 5.99. The van der Waals surface area contributed by atoms with Crippen LogP contribution in [0.25, 0.3) is 0 Å². The van der Waals surface area contributed by atoms with Gasteiger partial charge in [0.15, 0.2) is 5.69 Å². The van der Waals surface area contributed by atoms with E-state index in [9.17, 15) is 4.79 Å². The Morgan fingerprint density at radius 3 is 2.45 bits per heavy atom. The standard InChI is InChI=1S/C24H25ClN4O2/c1-17-2-8-20(9-3-17)27-10-12-28(13-11-27)24(30)22-14-21-16-31-23(15-29(21)26-22)18-4-6-19(25)7-5-18/h2-9,14,23H,10-13,15-16H2,1H3/t23-/m0/s1. The number of carbonyl (C=O) groups excluding carboxylic acids is 1. The van der Waals surface area contributed by atoms with Crippen molar-refractivity contribution in [1.29, 1.82) is 0 Å². The van der Waals surface area contributed by atoms with E-state index in [1.165, 1.54) is 11.3 Å². The second-order valence-electron chi connectivity index (χ2n) is 8.17. The van der Waals surface area contributed by atoms with Gasteiger partial charge in [0, 0.05) is 36.9 Å². The number of ether oxygens (including phenoxy) is 1. The summed E-state index contributed by atoms with van der Waals surface area (Å²) in [4.78, 5) is 17.3. The lowest BCUT2D eigenvalue weighted by Gasteiger charge is -2.35. The van der Waals surface area contributed by atoms with Crippen LogP contribution in [0.1, 0.15) is 33.4 Å². The minimum absolute atomic E-state index is 0.00602. The number of aromatic nitrogens is 2.